The maximum atomic E-state index is 11.0. The van der Waals surface area contributed by atoms with Gasteiger partial charge in [-0.2, -0.15) is 0 Å². The molecule has 0 N–H and O–H groups in total. The highest BCUT2D eigenvalue weighted by molar-refractivity contribution is 5.51. The van der Waals surface area contributed by atoms with Crippen LogP contribution in [0.2, 0.25) is 0 Å². The normalized spacial score (nSPS) is 14.9. The van der Waals surface area contributed by atoms with Gasteiger partial charge in [0.1, 0.15) is 5.75 Å². The van der Waals surface area contributed by atoms with E-state index in [1.807, 2.05) is 41.1 Å². The average molecular weight is 500 g/mol. The second-order valence-electron chi connectivity index (χ2n) is 9.15. The summed E-state index contributed by atoms with van der Waals surface area (Å²) < 4.78 is 7.15. The van der Waals surface area contributed by atoms with Crippen molar-refractivity contribution in [2.75, 3.05) is 38.2 Å². The quantitative estimate of drug-likeness (QED) is 0.266. The molecule has 0 radical (unpaired) electrons. The van der Waals surface area contributed by atoms with Crippen molar-refractivity contribution in [3.63, 3.8) is 0 Å². The van der Waals surface area contributed by atoms with Crippen LogP contribution in [0.25, 0.3) is 0 Å². The summed E-state index contributed by atoms with van der Waals surface area (Å²) in [7, 11) is 1.65. The van der Waals surface area contributed by atoms with E-state index >= 15 is 0 Å². The number of nitro groups is 1. The number of aryl methyl sites for hydroxylation is 1. The van der Waals surface area contributed by atoms with Gasteiger partial charge in [0.15, 0.2) is 5.82 Å². The van der Waals surface area contributed by atoms with Crippen LogP contribution in [-0.4, -0.2) is 63.3 Å². The Kier molecular flexibility index (Phi) is 7.09. The molecule has 4 aromatic rings. The second kappa shape index (κ2) is 10.8. The molecule has 1 saturated heterocycles. The first kappa shape index (κ1) is 24.4. The van der Waals surface area contributed by atoms with Gasteiger partial charge in [0.05, 0.1) is 24.6 Å². The van der Waals surface area contributed by atoms with Crippen LogP contribution in [0.5, 0.6) is 5.75 Å². The number of tetrazole rings is 1. The van der Waals surface area contributed by atoms with Crippen LogP contribution in [0.4, 0.5) is 11.4 Å². The number of nitro benzene ring substituents is 1. The molecule has 10 heteroatoms. The zero-order chi connectivity index (χ0) is 25.8. The number of hydrogen-bond donors (Lipinski definition) is 0. The van der Waals surface area contributed by atoms with Crippen LogP contribution in [0.1, 0.15) is 28.6 Å². The van der Waals surface area contributed by atoms with E-state index in [-0.39, 0.29) is 16.7 Å². The van der Waals surface area contributed by atoms with Gasteiger partial charge in [0.25, 0.3) is 5.69 Å². The van der Waals surface area contributed by atoms with E-state index < -0.39 is 0 Å². The molecule has 0 spiro atoms. The molecule has 1 fully saturated rings. The van der Waals surface area contributed by atoms with Crippen LogP contribution in [-0.2, 0) is 6.54 Å². The van der Waals surface area contributed by atoms with Gasteiger partial charge in [-0.3, -0.25) is 15.0 Å². The number of aromatic nitrogens is 4. The first-order valence-corrected chi connectivity index (χ1v) is 12.2. The fraction of sp³-hybridized carbons (Fsp3) is 0.296. The maximum absolute atomic E-state index is 11.0. The van der Waals surface area contributed by atoms with Crippen LogP contribution in [0, 0.1) is 17.0 Å². The van der Waals surface area contributed by atoms with Crippen molar-refractivity contribution in [3.8, 4) is 5.75 Å². The lowest BCUT2D eigenvalue weighted by Crippen LogP contribution is -2.48. The Hall–Kier alpha value is -4.31. The van der Waals surface area contributed by atoms with Crippen molar-refractivity contribution in [1.29, 1.82) is 0 Å². The number of hydrogen-bond acceptors (Lipinski definition) is 8. The molecular formula is C27H29N7O3. The Morgan fingerprint density at radius 3 is 2.24 bits per heavy atom. The molecule has 1 atom stereocenters. The van der Waals surface area contributed by atoms with Crippen molar-refractivity contribution in [1.82, 2.24) is 25.1 Å². The number of piperazine rings is 1. The smallest absolute Gasteiger partial charge is 0.269 e. The van der Waals surface area contributed by atoms with Crippen molar-refractivity contribution in [2.24, 2.45) is 0 Å². The van der Waals surface area contributed by atoms with Crippen molar-refractivity contribution in [3.05, 3.63) is 105 Å². The molecule has 0 amide bonds. The lowest BCUT2D eigenvalue weighted by molar-refractivity contribution is -0.384. The molecule has 0 bridgehead atoms. The van der Waals surface area contributed by atoms with Crippen LogP contribution >= 0.6 is 0 Å². The lowest BCUT2D eigenvalue weighted by Gasteiger charge is -2.40. The zero-order valence-electron chi connectivity index (χ0n) is 20.9. The Labute approximate surface area is 215 Å². The largest absolute Gasteiger partial charge is 0.497 e. The number of anilines is 1. The predicted molar refractivity (Wildman–Crippen MR) is 140 cm³/mol. The van der Waals surface area contributed by atoms with E-state index in [9.17, 15) is 10.1 Å². The highest BCUT2D eigenvalue weighted by atomic mass is 16.6. The number of methoxy groups -OCH3 is 1. The molecule has 0 saturated carbocycles. The molecule has 1 aromatic heterocycles. The van der Waals surface area contributed by atoms with Gasteiger partial charge in [-0.15, -0.1) is 5.10 Å². The van der Waals surface area contributed by atoms with E-state index in [1.54, 1.807) is 19.2 Å². The third-order valence-electron chi connectivity index (χ3n) is 6.79. The molecule has 5 rings (SSSR count). The third kappa shape index (κ3) is 5.44. The van der Waals surface area contributed by atoms with Gasteiger partial charge in [-0.25, -0.2) is 4.68 Å². The monoisotopic (exact) mass is 499 g/mol. The van der Waals surface area contributed by atoms with Gasteiger partial charge in [-0.05, 0) is 52.7 Å². The first-order valence-electron chi connectivity index (χ1n) is 12.2. The molecule has 1 aliphatic heterocycles. The van der Waals surface area contributed by atoms with Gasteiger partial charge in [0.2, 0.25) is 0 Å². The van der Waals surface area contributed by atoms with Gasteiger partial charge >= 0.3 is 0 Å². The fourth-order valence-corrected chi connectivity index (χ4v) is 4.72. The summed E-state index contributed by atoms with van der Waals surface area (Å²) >= 11 is 0. The van der Waals surface area contributed by atoms with E-state index in [2.05, 4.69) is 56.5 Å². The molecule has 1 unspecified atom stereocenters. The number of non-ortho nitro benzene ring substituents is 1. The number of rotatable bonds is 8. The minimum absolute atomic E-state index is 0.102. The van der Waals surface area contributed by atoms with Crippen molar-refractivity contribution < 1.29 is 9.66 Å². The topological polar surface area (TPSA) is 102 Å². The summed E-state index contributed by atoms with van der Waals surface area (Å²) in [6, 6.07) is 23.1. The summed E-state index contributed by atoms with van der Waals surface area (Å²) in [5.74, 6) is 1.60. The SMILES string of the molecule is COc1ccc(Cn2nnnc2C(c2ccc(C)cc2)N2CCN(c3ccc([N+](=O)[O-])cc3)CC2)cc1. The number of nitrogens with zero attached hydrogens (tertiary/aromatic N) is 7. The maximum Gasteiger partial charge on any atom is 0.269 e. The molecule has 3 aromatic carbocycles. The zero-order valence-corrected chi connectivity index (χ0v) is 20.9. The number of benzene rings is 3. The molecule has 2 heterocycles. The summed E-state index contributed by atoms with van der Waals surface area (Å²) in [4.78, 5) is 15.3. The van der Waals surface area contributed by atoms with Gasteiger partial charge in [-0.1, -0.05) is 42.0 Å². The Morgan fingerprint density at radius 1 is 0.946 bits per heavy atom. The molecule has 37 heavy (non-hydrogen) atoms. The minimum atomic E-state index is -0.371. The van der Waals surface area contributed by atoms with Crippen molar-refractivity contribution in [2.45, 2.75) is 19.5 Å². The Balaban J connectivity index is 1.38. The summed E-state index contributed by atoms with van der Waals surface area (Å²) in [6.45, 7) is 5.81. The highest BCUT2D eigenvalue weighted by Gasteiger charge is 2.31. The van der Waals surface area contributed by atoms with E-state index in [4.69, 9.17) is 4.74 Å². The average Bonchev–Trinajstić information content (AvgIpc) is 3.38. The summed E-state index contributed by atoms with van der Waals surface area (Å²) in [6.07, 6.45) is 0. The second-order valence-corrected chi connectivity index (χ2v) is 9.15. The molecular weight excluding hydrogens is 470 g/mol. The van der Waals surface area contributed by atoms with Gasteiger partial charge < -0.3 is 9.64 Å². The molecule has 0 aliphatic carbocycles. The van der Waals surface area contributed by atoms with Crippen LogP contribution in [0.3, 0.4) is 0 Å². The fourth-order valence-electron chi connectivity index (χ4n) is 4.72. The van der Waals surface area contributed by atoms with Gasteiger partial charge in [0, 0.05) is 44.0 Å². The minimum Gasteiger partial charge on any atom is -0.497 e. The highest BCUT2D eigenvalue weighted by Crippen LogP contribution is 2.30. The molecule has 10 nitrogen and oxygen atoms in total. The van der Waals surface area contributed by atoms with Crippen LogP contribution < -0.4 is 9.64 Å². The molecule has 190 valence electrons. The van der Waals surface area contributed by atoms with E-state index in [0.717, 1.165) is 54.6 Å². The summed E-state index contributed by atoms with van der Waals surface area (Å²) in [5.41, 5.74) is 4.51. The van der Waals surface area contributed by atoms with E-state index in [1.165, 1.54) is 5.56 Å². The number of ether oxygens (including phenoxy) is 1. The molecule has 1 aliphatic rings. The first-order chi connectivity index (χ1) is 18.0. The standard InChI is InChI=1S/C27H29N7O3/c1-20-3-7-22(8-4-20)26(27-28-29-30-33(27)19-21-5-13-25(37-2)14-6-21)32-17-15-31(16-18-32)23-9-11-24(12-10-23)34(35)36/h3-14,26H,15-19H2,1-2H3. The third-order valence-corrected chi connectivity index (χ3v) is 6.79. The Bertz CT molecular complexity index is 1330. The predicted octanol–water partition coefficient (Wildman–Crippen LogP) is 3.86. The van der Waals surface area contributed by atoms with Crippen molar-refractivity contribution >= 4 is 11.4 Å². The Morgan fingerprint density at radius 2 is 1.62 bits per heavy atom. The summed E-state index contributed by atoms with van der Waals surface area (Å²) in [5, 5.41) is 23.9. The van der Waals surface area contributed by atoms with E-state index in [0.29, 0.717) is 6.54 Å². The lowest BCUT2D eigenvalue weighted by atomic mass is 10.0. The van der Waals surface area contributed by atoms with Crippen LogP contribution in [0.15, 0.2) is 72.8 Å².